The molecule has 0 unspecified atom stereocenters. The predicted molar refractivity (Wildman–Crippen MR) is 98.6 cm³/mol. The van der Waals surface area contributed by atoms with E-state index >= 15 is 0 Å². The summed E-state index contributed by atoms with van der Waals surface area (Å²) in [7, 11) is 0. The van der Waals surface area contributed by atoms with Crippen LogP contribution in [0.4, 0.5) is 5.69 Å². The van der Waals surface area contributed by atoms with Crippen LogP contribution in [-0.4, -0.2) is 15.3 Å². The Labute approximate surface area is 154 Å². The summed E-state index contributed by atoms with van der Waals surface area (Å²) in [5.41, 5.74) is 2.19. The highest BCUT2D eigenvalue weighted by Crippen LogP contribution is 2.30. The first kappa shape index (κ1) is 17.1. The lowest BCUT2D eigenvalue weighted by Crippen LogP contribution is -2.17. The van der Waals surface area contributed by atoms with Crippen LogP contribution in [0.5, 0.6) is 0 Å². The molecule has 3 rings (SSSR count). The Morgan fingerprint density at radius 1 is 1.17 bits per heavy atom. The minimum Gasteiger partial charge on any atom is -0.318 e. The van der Waals surface area contributed by atoms with E-state index in [4.69, 9.17) is 34.8 Å². The number of nitrogens with one attached hydrogen (secondary N) is 1. The highest BCUT2D eigenvalue weighted by molar-refractivity contribution is 6.40. The van der Waals surface area contributed by atoms with Gasteiger partial charge in [0.15, 0.2) is 0 Å². The van der Waals surface area contributed by atoms with E-state index in [0.29, 0.717) is 44.2 Å². The zero-order valence-corrected chi connectivity index (χ0v) is 15.1. The first-order valence-corrected chi connectivity index (χ1v) is 8.56. The molecule has 0 saturated carbocycles. The summed E-state index contributed by atoms with van der Waals surface area (Å²) in [5.74, 6) is -0.330. The number of pyridine rings is 1. The number of anilines is 1. The number of para-hydroxylation sites is 1. The molecule has 124 valence electrons. The van der Waals surface area contributed by atoms with Crippen molar-refractivity contribution in [2.75, 3.05) is 5.32 Å². The van der Waals surface area contributed by atoms with Crippen molar-refractivity contribution in [1.82, 2.24) is 9.38 Å². The lowest BCUT2D eigenvalue weighted by molar-refractivity contribution is 0.102. The SMILES string of the molecule is CCCc1nc2ccc(Cl)cn2c1C(=O)Nc1c(Cl)cccc1Cl. The van der Waals surface area contributed by atoms with E-state index in [1.165, 1.54) is 0 Å². The number of fused-ring (bicyclic) bond motifs is 1. The van der Waals surface area contributed by atoms with Gasteiger partial charge >= 0.3 is 0 Å². The molecule has 0 spiro atoms. The fraction of sp³-hybridized carbons (Fsp3) is 0.176. The van der Waals surface area contributed by atoms with Crippen molar-refractivity contribution < 1.29 is 4.79 Å². The van der Waals surface area contributed by atoms with E-state index < -0.39 is 0 Å². The van der Waals surface area contributed by atoms with E-state index in [1.807, 2.05) is 6.92 Å². The summed E-state index contributed by atoms with van der Waals surface area (Å²) < 4.78 is 1.69. The van der Waals surface area contributed by atoms with E-state index in [1.54, 1.807) is 40.9 Å². The number of aryl methyl sites for hydroxylation is 1. The molecule has 0 fully saturated rings. The average Bonchev–Trinajstić information content (AvgIpc) is 2.88. The first-order valence-electron chi connectivity index (χ1n) is 7.43. The number of carbonyl (C=O) groups is 1. The van der Waals surface area contributed by atoms with Gasteiger partial charge in [0, 0.05) is 6.20 Å². The highest BCUT2D eigenvalue weighted by Gasteiger charge is 2.20. The molecular weight excluding hydrogens is 369 g/mol. The molecule has 0 atom stereocenters. The van der Waals surface area contributed by atoms with Gasteiger partial charge in [0.1, 0.15) is 11.3 Å². The van der Waals surface area contributed by atoms with Crippen LogP contribution in [0.1, 0.15) is 29.5 Å². The number of aromatic nitrogens is 2. The molecule has 0 saturated heterocycles. The maximum atomic E-state index is 12.9. The van der Waals surface area contributed by atoms with Crippen LogP contribution in [0, 0.1) is 0 Å². The molecule has 2 aromatic heterocycles. The van der Waals surface area contributed by atoms with Crippen molar-refractivity contribution in [3.63, 3.8) is 0 Å². The van der Waals surface area contributed by atoms with Gasteiger partial charge in [-0.15, -0.1) is 0 Å². The number of benzene rings is 1. The number of hydrogen-bond acceptors (Lipinski definition) is 2. The van der Waals surface area contributed by atoms with Crippen LogP contribution >= 0.6 is 34.8 Å². The second-order valence-electron chi connectivity index (χ2n) is 5.28. The summed E-state index contributed by atoms with van der Waals surface area (Å²) in [6.45, 7) is 2.03. The lowest BCUT2D eigenvalue weighted by Gasteiger charge is -2.10. The topological polar surface area (TPSA) is 46.4 Å². The van der Waals surface area contributed by atoms with Crippen molar-refractivity contribution in [1.29, 1.82) is 0 Å². The largest absolute Gasteiger partial charge is 0.318 e. The molecule has 0 radical (unpaired) electrons. The normalized spacial score (nSPS) is 11.0. The number of amides is 1. The third-order valence-electron chi connectivity index (χ3n) is 3.56. The third kappa shape index (κ3) is 3.22. The summed E-state index contributed by atoms with van der Waals surface area (Å²) in [5, 5.41) is 4.06. The van der Waals surface area contributed by atoms with Gasteiger partial charge in [0.05, 0.1) is 26.4 Å². The van der Waals surface area contributed by atoms with Crippen LogP contribution in [-0.2, 0) is 6.42 Å². The van der Waals surface area contributed by atoms with Crippen LogP contribution in [0.15, 0.2) is 36.5 Å². The number of imidazole rings is 1. The van der Waals surface area contributed by atoms with Gasteiger partial charge in [-0.25, -0.2) is 4.98 Å². The van der Waals surface area contributed by atoms with Gasteiger partial charge in [0.25, 0.3) is 5.91 Å². The first-order chi connectivity index (χ1) is 11.5. The van der Waals surface area contributed by atoms with Crippen molar-refractivity contribution >= 4 is 52.0 Å². The van der Waals surface area contributed by atoms with Crippen LogP contribution in [0.25, 0.3) is 5.65 Å². The molecule has 0 aliphatic rings. The highest BCUT2D eigenvalue weighted by atomic mass is 35.5. The molecule has 1 aromatic carbocycles. The van der Waals surface area contributed by atoms with Crippen molar-refractivity contribution in [2.45, 2.75) is 19.8 Å². The summed E-state index contributed by atoms with van der Waals surface area (Å²) >= 11 is 18.3. The summed E-state index contributed by atoms with van der Waals surface area (Å²) in [4.78, 5) is 17.4. The molecule has 1 N–H and O–H groups in total. The van der Waals surface area contributed by atoms with E-state index in [2.05, 4.69) is 10.3 Å². The Morgan fingerprint density at radius 2 is 1.88 bits per heavy atom. The van der Waals surface area contributed by atoms with Gasteiger partial charge < -0.3 is 5.32 Å². The Bertz CT molecular complexity index is 901. The molecule has 3 aromatic rings. The van der Waals surface area contributed by atoms with Crippen molar-refractivity contribution in [3.05, 3.63) is 63.0 Å². The molecule has 0 bridgehead atoms. The minimum atomic E-state index is -0.330. The second kappa shape index (κ2) is 7.01. The Morgan fingerprint density at radius 3 is 2.54 bits per heavy atom. The van der Waals surface area contributed by atoms with Gasteiger partial charge in [0.2, 0.25) is 0 Å². The van der Waals surface area contributed by atoms with E-state index in [9.17, 15) is 4.79 Å². The van der Waals surface area contributed by atoms with Gasteiger partial charge in [-0.3, -0.25) is 9.20 Å². The van der Waals surface area contributed by atoms with Gasteiger partial charge in [-0.05, 0) is 30.7 Å². The Kier molecular flexibility index (Phi) is 4.99. The number of halogens is 3. The monoisotopic (exact) mass is 381 g/mol. The quantitative estimate of drug-likeness (QED) is 0.647. The maximum Gasteiger partial charge on any atom is 0.274 e. The molecular formula is C17H14Cl3N3O. The Balaban J connectivity index is 2.08. The number of hydrogen-bond donors (Lipinski definition) is 1. The predicted octanol–water partition coefficient (Wildman–Crippen LogP) is 5.50. The number of rotatable bonds is 4. The number of nitrogens with zero attached hydrogens (tertiary/aromatic N) is 2. The van der Waals surface area contributed by atoms with Gasteiger partial charge in [-0.2, -0.15) is 0 Å². The Hall–Kier alpha value is -1.75. The van der Waals surface area contributed by atoms with Crippen molar-refractivity contribution in [2.24, 2.45) is 0 Å². The second-order valence-corrected chi connectivity index (χ2v) is 6.53. The lowest BCUT2D eigenvalue weighted by atomic mass is 10.2. The van der Waals surface area contributed by atoms with Crippen LogP contribution in [0.3, 0.4) is 0 Å². The maximum absolute atomic E-state index is 12.9. The third-order valence-corrected chi connectivity index (χ3v) is 4.41. The molecule has 1 amide bonds. The number of carbonyl (C=O) groups excluding carboxylic acids is 1. The summed E-state index contributed by atoms with van der Waals surface area (Å²) in [6, 6.07) is 8.58. The fourth-order valence-electron chi connectivity index (χ4n) is 2.51. The zero-order chi connectivity index (χ0) is 17.3. The van der Waals surface area contributed by atoms with Gasteiger partial charge in [-0.1, -0.05) is 54.2 Å². The van der Waals surface area contributed by atoms with Crippen LogP contribution in [0.2, 0.25) is 15.1 Å². The van der Waals surface area contributed by atoms with E-state index in [0.717, 1.165) is 6.42 Å². The van der Waals surface area contributed by atoms with Crippen LogP contribution < -0.4 is 5.32 Å². The smallest absolute Gasteiger partial charge is 0.274 e. The summed E-state index contributed by atoms with van der Waals surface area (Å²) in [6.07, 6.45) is 3.22. The minimum absolute atomic E-state index is 0.330. The van der Waals surface area contributed by atoms with Crippen molar-refractivity contribution in [3.8, 4) is 0 Å². The molecule has 4 nitrogen and oxygen atoms in total. The average molecular weight is 383 g/mol. The standard InChI is InChI=1S/C17H14Cl3N3O/c1-2-4-13-16(23-9-10(18)7-8-14(23)21-13)17(24)22-15-11(19)5-3-6-12(15)20/h3,5-9H,2,4H2,1H3,(H,22,24). The molecule has 7 heteroatoms. The molecule has 2 heterocycles. The zero-order valence-electron chi connectivity index (χ0n) is 12.8. The molecule has 0 aliphatic carbocycles. The molecule has 24 heavy (non-hydrogen) atoms. The molecule has 0 aliphatic heterocycles. The fourth-order valence-corrected chi connectivity index (χ4v) is 3.16. The van der Waals surface area contributed by atoms with E-state index in [-0.39, 0.29) is 5.91 Å².